The Morgan fingerprint density at radius 1 is 1.45 bits per heavy atom. The van der Waals surface area contributed by atoms with Gasteiger partial charge in [0, 0.05) is 35.8 Å². The maximum atomic E-state index is 11.2. The predicted octanol–water partition coefficient (Wildman–Crippen LogP) is 3.50. The minimum atomic E-state index is -0.449. The molecule has 4 nitrogen and oxygen atoms in total. The van der Waals surface area contributed by atoms with Crippen molar-refractivity contribution in [2.24, 2.45) is 5.41 Å². The van der Waals surface area contributed by atoms with Gasteiger partial charge in [0.25, 0.3) is 0 Å². The predicted molar refractivity (Wildman–Crippen MR) is 92.3 cm³/mol. The van der Waals surface area contributed by atoms with Gasteiger partial charge in [-0.3, -0.25) is 9.78 Å². The standard InChI is InChI=1S/C17H23NO3S/c1-5-16(22)17(2,8-11-20-3)14(7-10-19)13-6-9-18-12-15(13)21-4/h6-7,9-10,12H,5,8,11H2,1-4H3/b14-7-. The molecule has 0 fully saturated rings. The molecule has 0 aliphatic rings. The zero-order valence-electron chi connectivity index (χ0n) is 13.6. The summed E-state index contributed by atoms with van der Waals surface area (Å²) in [6, 6.07) is 1.84. The van der Waals surface area contributed by atoms with Crippen molar-refractivity contribution >= 4 is 28.9 Å². The van der Waals surface area contributed by atoms with E-state index in [-0.39, 0.29) is 0 Å². The zero-order valence-corrected chi connectivity index (χ0v) is 14.4. The normalized spacial score (nSPS) is 14.3. The number of nitrogens with zero attached hydrogens (tertiary/aromatic N) is 1. The van der Waals surface area contributed by atoms with Crippen LogP contribution in [0.1, 0.15) is 32.3 Å². The van der Waals surface area contributed by atoms with Crippen LogP contribution in [-0.4, -0.2) is 37.0 Å². The Kier molecular flexibility index (Phi) is 7.35. The van der Waals surface area contributed by atoms with Gasteiger partial charge in [0.1, 0.15) is 12.0 Å². The largest absolute Gasteiger partial charge is 0.495 e. The SMILES string of the molecule is CCC(=S)C(C)(CCOC)/C(=C\C=O)c1ccncc1OC. The number of hydrogen-bond donors (Lipinski definition) is 0. The maximum absolute atomic E-state index is 11.2. The van der Waals surface area contributed by atoms with Crippen LogP contribution in [0.2, 0.25) is 0 Å². The Morgan fingerprint density at radius 2 is 2.18 bits per heavy atom. The molecule has 1 aromatic rings. The van der Waals surface area contributed by atoms with Crippen LogP contribution in [0.4, 0.5) is 0 Å². The Bertz CT molecular complexity index is 557. The van der Waals surface area contributed by atoms with Crippen molar-refractivity contribution in [2.45, 2.75) is 26.7 Å². The summed E-state index contributed by atoms with van der Waals surface area (Å²) in [7, 11) is 3.25. The summed E-state index contributed by atoms with van der Waals surface area (Å²) in [6.07, 6.45) is 7.12. The van der Waals surface area contributed by atoms with E-state index in [0.29, 0.717) is 18.8 Å². The van der Waals surface area contributed by atoms with Crippen molar-refractivity contribution in [1.82, 2.24) is 4.98 Å². The van der Waals surface area contributed by atoms with Gasteiger partial charge in [-0.05, 0) is 30.6 Å². The van der Waals surface area contributed by atoms with Crippen LogP contribution in [-0.2, 0) is 9.53 Å². The van der Waals surface area contributed by atoms with Crippen LogP contribution < -0.4 is 4.74 Å². The lowest BCUT2D eigenvalue weighted by molar-refractivity contribution is -0.104. The second kappa shape index (κ2) is 8.76. The molecule has 1 heterocycles. The highest BCUT2D eigenvalue weighted by atomic mass is 32.1. The molecule has 0 N–H and O–H groups in total. The third-order valence-electron chi connectivity index (χ3n) is 3.87. The van der Waals surface area contributed by atoms with Gasteiger partial charge < -0.3 is 9.47 Å². The topological polar surface area (TPSA) is 48.4 Å². The van der Waals surface area contributed by atoms with Crippen molar-refractivity contribution in [2.75, 3.05) is 20.8 Å². The van der Waals surface area contributed by atoms with Gasteiger partial charge in [-0.15, -0.1) is 0 Å². The number of aromatic nitrogens is 1. The second-order valence-corrected chi connectivity index (χ2v) is 5.64. The first-order valence-electron chi connectivity index (χ1n) is 7.21. The lowest BCUT2D eigenvalue weighted by Gasteiger charge is -2.33. The highest BCUT2D eigenvalue weighted by Crippen LogP contribution is 2.43. The first kappa shape index (κ1) is 18.5. The summed E-state index contributed by atoms with van der Waals surface area (Å²) in [5, 5.41) is 0. The second-order valence-electron chi connectivity index (χ2n) is 5.14. The highest BCUT2D eigenvalue weighted by Gasteiger charge is 2.34. The molecule has 0 radical (unpaired) electrons. The van der Waals surface area contributed by atoms with Crippen LogP contribution in [0.5, 0.6) is 5.75 Å². The van der Waals surface area contributed by atoms with Gasteiger partial charge in [-0.25, -0.2) is 0 Å². The van der Waals surface area contributed by atoms with Crippen molar-refractivity contribution in [1.29, 1.82) is 0 Å². The number of hydrogen-bond acceptors (Lipinski definition) is 5. The maximum Gasteiger partial charge on any atom is 0.144 e. The molecule has 5 heteroatoms. The first-order valence-corrected chi connectivity index (χ1v) is 7.62. The third-order valence-corrected chi connectivity index (χ3v) is 4.61. The average Bonchev–Trinajstić information content (AvgIpc) is 2.56. The molecule has 0 aliphatic heterocycles. The molecule has 1 rings (SSSR count). The molecule has 1 aromatic heterocycles. The molecular formula is C17H23NO3S. The number of pyridine rings is 1. The Morgan fingerprint density at radius 3 is 2.73 bits per heavy atom. The van der Waals surface area contributed by atoms with Gasteiger partial charge in [0.05, 0.1) is 13.3 Å². The Labute approximate surface area is 137 Å². The van der Waals surface area contributed by atoms with Crippen molar-refractivity contribution in [3.63, 3.8) is 0 Å². The summed E-state index contributed by atoms with van der Waals surface area (Å²) in [5.41, 5.74) is 1.22. The first-order chi connectivity index (χ1) is 10.5. The van der Waals surface area contributed by atoms with Crippen LogP contribution >= 0.6 is 12.2 Å². The molecule has 22 heavy (non-hydrogen) atoms. The molecular weight excluding hydrogens is 298 g/mol. The van der Waals surface area contributed by atoms with Crippen LogP contribution in [0.3, 0.4) is 0 Å². The summed E-state index contributed by atoms with van der Waals surface area (Å²) in [5.74, 6) is 0.623. The number of carbonyl (C=O) groups excluding carboxylic acids is 1. The van der Waals surface area contributed by atoms with Crippen LogP contribution in [0, 0.1) is 5.41 Å². The third kappa shape index (κ3) is 3.99. The zero-order chi connectivity index (χ0) is 16.6. The monoisotopic (exact) mass is 321 g/mol. The number of thiocarbonyl (C=S) groups is 1. The molecule has 0 aliphatic carbocycles. The summed E-state index contributed by atoms with van der Waals surface area (Å²) < 4.78 is 10.6. The van der Waals surface area contributed by atoms with Gasteiger partial charge in [0.2, 0.25) is 0 Å². The minimum Gasteiger partial charge on any atom is -0.495 e. The highest BCUT2D eigenvalue weighted by molar-refractivity contribution is 7.80. The molecule has 1 atom stereocenters. The molecule has 0 amide bonds. The van der Waals surface area contributed by atoms with E-state index in [4.69, 9.17) is 21.7 Å². The van der Waals surface area contributed by atoms with Crippen molar-refractivity contribution < 1.29 is 14.3 Å². The van der Waals surface area contributed by atoms with E-state index in [0.717, 1.165) is 28.7 Å². The molecule has 0 spiro atoms. The number of aldehydes is 1. The Balaban J connectivity index is 3.46. The smallest absolute Gasteiger partial charge is 0.144 e. The van der Waals surface area contributed by atoms with E-state index in [1.165, 1.54) is 0 Å². The van der Waals surface area contributed by atoms with Crippen molar-refractivity contribution in [3.8, 4) is 5.75 Å². The fraction of sp³-hybridized carbons (Fsp3) is 0.471. The van der Waals surface area contributed by atoms with Crippen molar-refractivity contribution in [3.05, 3.63) is 30.1 Å². The van der Waals surface area contributed by atoms with E-state index >= 15 is 0 Å². The molecule has 120 valence electrons. The number of rotatable bonds is 9. The lowest BCUT2D eigenvalue weighted by Crippen LogP contribution is -2.29. The summed E-state index contributed by atoms with van der Waals surface area (Å²) in [4.78, 5) is 16.2. The van der Waals surface area contributed by atoms with E-state index in [2.05, 4.69) is 4.98 Å². The molecule has 0 saturated carbocycles. The van der Waals surface area contributed by atoms with Crippen LogP contribution in [0.15, 0.2) is 24.5 Å². The fourth-order valence-corrected chi connectivity index (χ4v) is 2.74. The van der Waals surface area contributed by atoms with E-state index in [1.54, 1.807) is 32.7 Å². The molecule has 0 saturated heterocycles. The van der Waals surface area contributed by atoms with Gasteiger partial charge in [-0.1, -0.05) is 26.1 Å². The van der Waals surface area contributed by atoms with E-state index in [9.17, 15) is 4.79 Å². The Hall–Kier alpha value is -1.59. The van der Waals surface area contributed by atoms with Gasteiger partial charge >= 0.3 is 0 Å². The number of carbonyl (C=O) groups is 1. The number of allylic oxidation sites excluding steroid dienone is 2. The summed E-state index contributed by atoms with van der Waals surface area (Å²) in [6.45, 7) is 4.63. The number of methoxy groups -OCH3 is 2. The van der Waals surface area contributed by atoms with Gasteiger partial charge in [0.15, 0.2) is 0 Å². The van der Waals surface area contributed by atoms with Gasteiger partial charge in [-0.2, -0.15) is 0 Å². The number of ether oxygens (including phenoxy) is 2. The van der Waals surface area contributed by atoms with E-state index < -0.39 is 5.41 Å². The molecule has 0 bridgehead atoms. The van der Waals surface area contributed by atoms with Crippen LogP contribution in [0.25, 0.3) is 5.57 Å². The fourth-order valence-electron chi connectivity index (χ4n) is 2.52. The minimum absolute atomic E-state index is 0.449. The molecule has 0 aromatic carbocycles. The quantitative estimate of drug-likeness (QED) is 0.396. The lowest BCUT2D eigenvalue weighted by atomic mass is 9.72. The molecule has 1 unspecified atom stereocenters. The van der Waals surface area contributed by atoms with E-state index in [1.807, 2.05) is 19.9 Å². The average molecular weight is 321 g/mol. The summed E-state index contributed by atoms with van der Waals surface area (Å²) >= 11 is 5.60.